The molecule has 0 bridgehead atoms. The van der Waals surface area contributed by atoms with Gasteiger partial charge in [0, 0.05) is 12.1 Å². The minimum atomic E-state index is -1.14. The van der Waals surface area contributed by atoms with E-state index in [1.54, 1.807) is 6.07 Å². The van der Waals surface area contributed by atoms with Crippen LogP contribution in [0.15, 0.2) is 42.5 Å². The van der Waals surface area contributed by atoms with Gasteiger partial charge >= 0.3 is 5.97 Å². The van der Waals surface area contributed by atoms with Gasteiger partial charge in [0.1, 0.15) is 0 Å². The van der Waals surface area contributed by atoms with Crippen LogP contribution in [0.3, 0.4) is 0 Å². The molecule has 0 fully saturated rings. The van der Waals surface area contributed by atoms with Gasteiger partial charge in [-0.05, 0) is 41.5 Å². The number of halogens is 2. The lowest BCUT2D eigenvalue weighted by Gasteiger charge is -2.05. The molecule has 0 aliphatic rings. The number of nitro groups is 1. The Morgan fingerprint density at radius 3 is 2.23 bits per heavy atom. The molecule has 0 aliphatic carbocycles. The van der Waals surface area contributed by atoms with Gasteiger partial charge in [0.2, 0.25) is 0 Å². The SMILES string of the molecule is O=C(O)/C(=C\c1ccc([N+](=O)[O-])cc1)c1ccc(Cl)c(Cl)c1. The number of carboxylic acids is 1. The lowest BCUT2D eigenvalue weighted by atomic mass is 10.0. The second-order valence-corrected chi connectivity index (χ2v) is 5.16. The van der Waals surface area contributed by atoms with Crippen LogP contribution in [-0.4, -0.2) is 16.0 Å². The first-order chi connectivity index (χ1) is 10.4. The van der Waals surface area contributed by atoms with Crippen LogP contribution in [0.2, 0.25) is 10.0 Å². The highest BCUT2D eigenvalue weighted by Crippen LogP contribution is 2.27. The van der Waals surface area contributed by atoms with Gasteiger partial charge in [-0.3, -0.25) is 10.1 Å². The van der Waals surface area contributed by atoms with Crippen molar-refractivity contribution in [1.29, 1.82) is 0 Å². The largest absolute Gasteiger partial charge is 0.478 e. The summed E-state index contributed by atoms with van der Waals surface area (Å²) in [4.78, 5) is 21.5. The maximum absolute atomic E-state index is 11.4. The standard InChI is InChI=1S/C15H9Cl2NO4/c16-13-6-3-10(8-14(13)17)12(15(19)20)7-9-1-4-11(5-2-9)18(21)22/h1-8H,(H,19,20)/b12-7-. The van der Waals surface area contributed by atoms with E-state index in [-0.39, 0.29) is 16.3 Å². The van der Waals surface area contributed by atoms with Crippen molar-refractivity contribution >= 4 is 46.5 Å². The second kappa shape index (κ2) is 6.60. The van der Waals surface area contributed by atoms with E-state index in [9.17, 15) is 20.0 Å². The predicted molar refractivity (Wildman–Crippen MR) is 85.1 cm³/mol. The molecule has 112 valence electrons. The highest BCUT2D eigenvalue weighted by molar-refractivity contribution is 6.42. The van der Waals surface area contributed by atoms with Crippen LogP contribution in [0, 0.1) is 10.1 Å². The molecule has 5 nitrogen and oxygen atoms in total. The molecule has 0 saturated carbocycles. The maximum Gasteiger partial charge on any atom is 0.336 e. The molecule has 0 aromatic heterocycles. The molecule has 7 heteroatoms. The quantitative estimate of drug-likeness (QED) is 0.384. The van der Waals surface area contributed by atoms with Crippen LogP contribution < -0.4 is 0 Å². The van der Waals surface area contributed by atoms with Crippen molar-refractivity contribution in [2.75, 3.05) is 0 Å². The van der Waals surface area contributed by atoms with Gasteiger partial charge in [-0.25, -0.2) is 4.79 Å². The Hall–Kier alpha value is -2.37. The summed E-state index contributed by atoms with van der Waals surface area (Å²) in [6, 6.07) is 10.1. The van der Waals surface area contributed by atoms with Crippen molar-refractivity contribution < 1.29 is 14.8 Å². The molecular weight excluding hydrogens is 329 g/mol. The Balaban J connectivity index is 2.44. The summed E-state index contributed by atoms with van der Waals surface area (Å²) in [6.07, 6.45) is 1.41. The van der Waals surface area contributed by atoms with Crippen molar-refractivity contribution in [2.24, 2.45) is 0 Å². The summed E-state index contributed by atoms with van der Waals surface area (Å²) in [5.74, 6) is -1.14. The Morgan fingerprint density at radius 1 is 1.09 bits per heavy atom. The molecular formula is C15H9Cl2NO4. The molecule has 22 heavy (non-hydrogen) atoms. The number of benzene rings is 2. The third kappa shape index (κ3) is 3.63. The summed E-state index contributed by atoms with van der Waals surface area (Å²) in [6.45, 7) is 0. The van der Waals surface area contributed by atoms with Gasteiger partial charge < -0.3 is 5.11 Å². The molecule has 0 unspecified atom stereocenters. The fourth-order valence-electron chi connectivity index (χ4n) is 1.79. The maximum atomic E-state index is 11.4. The van der Waals surface area contributed by atoms with E-state index in [2.05, 4.69) is 0 Å². The molecule has 2 rings (SSSR count). The van der Waals surface area contributed by atoms with Gasteiger partial charge in [-0.2, -0.15) is 0 Å². The Morgan fingerprint density at radius 2 is 1.73 bits per heavy atom. The second-order valence-electron chi connectivity index (χ2n) is 4.34. The van der Waals surface area contributed by atoms with E-state index in [0.29, 0.717) is 16.1 Å². The molecule has 0 heterocycles. The van der Waals surface area contributed by atoms with Gasteiger partial charge in [0.25, 0.3) is 5.69 Å². The molecule has 0 aliphatic heterocycles. The van der Waals surface area contributed by atoms with Crippen molar-refractivity contribution in [1.82, 2.24) is 0 Å². The number of carbonyl (C=O) groups is 1. The van der Waals surface area contributed by atoms with Crippen molar-refractivity contribution in [3.63, 3.8) is 0 Å². The molecule has 1 N–H and O–H groups in total. The average Bonchev–Trinajstić information content (AvgIpc) is 2.48. The summed E-state index contributed by atoms with van der Waals surface area (Å²) < 4.78 is 0. The van der Waals surface area contributed by atoms with Crippen LogP contribution >= 0.6 is 23.2 Å². The van der Waals surface area contributed by atoms with Gasteiger partial charge in [0.15, 0.2) is 0 Å². The van der Waals surface area contributed by atoms with Crippen molar-refractivity contribution in [2.45, 2.75) is 0 Å². The zero-order chi connectivity index (χ0) is 16.3. The van der Waals surface area contributed by atoms with Gasteiger partial charge in [-0.15, -0.1) is 0 Å². The fourth-order valence-corrected chi connectivity index (χ4v) is 2.09. The van der Waals surface area contributed by atoms with E-state index < -0.39 is 10.9 Å². The van der Waals surface area contributed by atoms with E-state index in [1.807, 2.05) is 0 Å². The van der Waals surface area contributed by atoms with E-state index >= 15 is 0 Å². The summed E-state index contributed by atoms with van der Waals surface area (Å²) in [5, 5.41) is 20.5. The molecule has 0 amide bonds. The Labute approximate surface area is 135 Å². The number of non-ortho nitro benzene ring substituents is 1. The average molecular weight is 338 g/mol. The van der Waals surface area contributed by atoms with Crippen LogP contribution in [0.1, 0.15) is 11.1 Å². The molecule has 0 spiro atoms. The lowest BCUT2D eigenvalue weighted by molar-refractivity contribution is -0.384. The predicted octanol–water partition coefficient (Wildman–Crippen LogP) is 4.53. The lowest BCUT2D eigenvalue weighted by Crippen LogP contribution is -1.99. The van der Waals surface area contributed by atoms with Gasteiger partial charge in [0.05, 0.1) is 20.5 Å². The third-order valence-corrected chi connectivity index (χ3v) is 3.61. The zero-order valence-electron chi connectivity index (χ0n) is 11.0. The molecule has 2 aromatic rings. The minimum Gasteiger partial charge on any atom is -0.478 e. The number of rotatable bonds is 4. The highest BCUT2D eigenvalue weighted by Gasteiger charge is 2.12. The highest BCUT2D eigenvalue weighted by atomic mass is 35.5. The number of nitrogens with zero attached hydrogens (tertiary/aromatic N) is 1. The van der Waals surface area contributed by atoms with Crippen LogP contribution in [0.4, 0.5) is 5.69 Å². The van der Waals surface area contributed by atoms with Crippen LogP contribution in [0.25, 0.3) is 11.6 Å². The normalized spacial score (nSPS) is 11.3. The number of hydrogen-bond acceptors (Lipinski definition) is 3. The summed E-state index contributed by atoms with van der Waals surface area (Å²) in [7, 11) is 0. The first-order valence-corrected chi connectivity index (χ1v) is 6.79. The number of carboxylic acid groups (broad SMARTS) is 1. The van der Waals surface area contributed by atoms with Gasteiger partial charge in [-0.1, -0.05) is 29.3 Å². The summed E-state index contributed by atoms with van der Waals surface area (Å²) >= 11 is 11.7. The monoisotopic (exact) mass is 337 g/mol. The first kappa shape index (κ1) is 16.0. The molecule has 0 atom stereocenters. The van der Waals surface area contributed by atoms with Crippen molar-refractivity contribution in [3.05, 3.63) is 73.8 Å². The topological polar surface area (TPSA) is 80.4 Å². The molecule has 0 radical (unpaired) electrons. The zero-order valence-corrected chi connectivity index (χ0v) is 12.5. The van der Waals surface area contributed by atoms with Crippen molar-refractivity contribution in [3.8, 4) is 0 Å². The fraction of sp³-hybridized carbons (Fsp3) is 0. The minimum absolute atomic E-state index is 0.00687. The third-order valence-electron chi connectivity index (χ3n) is 2.88. The number of aliphatic carboxylic acids is 1. The Bertz CT molecular complexity index is 770. The van der Waals surface area contributed by atoms with E-state index in [4.69, 9.17) is 23.2 Å². The molecule has 2 aromatic carbocycles. The Kier molecular flexibility index (Phi) is 4.80. The molecule has 0 saturated heterocycles. The summed E-state index contributed by atoms with van der Waals surface area (Å²) in [5.41, 5.74) is 0.852. The van der Waals surface area contributed by atoms with Crippen LogP contribution in [-0.2, 0) is 4.79 Å². The smallest absolute Gasteiger partial charge is 0.336 e. The van der Waals surface area contributed by atoms with E-state index in [1.165, 1.54) is 42.5 Å². The number of hydrogen-bond donors (Lipinski definition) is 1. The number of nitro benzene ring substituents is 1. The first-order valence-electron chi connectivity index (χ1n) is 6.03. The van der Waals surface area contributed by atoms with E-state index in [0.717, 1.165) is 0 Å². The van der Waals surface area contributed by atoms with Crippen LogP contribution in [0.5, 0.6) is 0 Å².